The van der Waals surface area contributed by atoms with Gasteiger partial charge < -0.3 is 5.73 Å². The van der Waals surface area contributed by atoms with Gasteiger partial charge in [0.05, 0.1) is 4.90 Å². The molecule has 4 nitrogen and oxygen atoms in total. The van der Waals surface area contributed by atoms with E-state index in [-0.39, 0.29) is 12.4 Å². The Morgan fingerprint density at radius 1 is 1.00 bits per heavy atom. The van der Waals surface area contributed by atoms with Crippen molar-refractivity contribution in [2.24, 2.45) is 5.73 Å². The number of halogens is 1. The van der Waals surface area contributed by atoms with E-state index in [0.29, 0.717) is 18.0 Å². The maximum atomic E-state index is 12.1. The molecule has 20 heavy (non-hydrogen) atoms. The lowest BCUT2D eigenvalue weighted by atomic mass is 10.1. The molecule has 0 aliphatic carbocycles. The molecule has 0 heterocycles. The normalized spacial score (nSPS) is 11.2. The monoisotopic (exact) mass is 314 g/mol. The maximum Gasteiger partial charge on any atom is 0.240 e. The Kier molecular flexibility index (Phi) is 6.42. The predicted octanol–water partition coefficient (Wildman–Crippen LogP) is 2.28. The van der Waals surface area contributed by atoms with Crippen LogP contribution in [0.25, 0.3) is 10.8 Å². The van der Waals surface area contributed by atoms with Crippen LogP contribution in [0.3, 0.4) is 0 Å². The third-order valence-electron chi connectivity index (χ3n) is 2.95. The van der Waals surface area contributed by atoms with Gasteiger partial charge in [0.2, 0.25) is 10.0 Å². The lowest BCUT2D eigenvalue weighted by molar-refractivity contribution is 0.577. The number of fused-ring (bicyclic) bond motifs is 1. The Morgan fingerprint density at radius 2 is 1.70 bits per heavy atom. The molecule has 2 aromatic carbocycles. The highest BCUT2D eigenvalue weighted by molar-refractivity contribution is 7.89. The summed E-state index contributed by atoms with van der Waals surface area (Å²) in [5.74, 6) is 0. The molecule has 0 aromatic heterocycles. The molecule has 0 atom stereocenters. The summed E-state index contributed by atoms with van der Waals surface area (Å²) in [4.78, 5) is 0.305. The molecule has 0 radical (unpaired) electrons. The number of hydrogen-bond acceptors (Lipinski definition) is 3. The summed E-state index contributed by atoms with van der Waals surface area (Å²) in [6, 6.07) is 12.8. The molecule has 0 saturated heterocycles. The average Bonchev–Trinajstić information content (AvgIpc) is 2.43. The number of sulfonamides is 1. The van der Waals surface area contributed by atoms with Crippen LogP contribution in [0.15, 0.2) is 47.4 Å². The molecule has 0 fully saturated rings. The Bertz CT molecular complexity index is 659. The fourth-order valence-corrected chi connectivity index (χ4v) is 3.00. The Balaban J connectivity index is 0.00000200. The standard InChI is InChI=1S/C14H18N2O2S.ClH/c15-9-3-4-10-16-19(17,18)14-8-7-12-5-1-2-6-13(12)11-14;/h1-2,5-8,11,16H,3-4,9-10,15H2;1H. The van der Waals surface area contributed by atoms with Gasteiger partial charge in [-0.05, 0) is 42.3 Å². The van der Waals surface area contributed by atoms with Gasteiger partial charge in [0.1, 0.15) is 0 Å². The van der Waals surface area contributed by atoms with E-state index in [4.69, 9.17) is 5.73 Å². The van der Waals surface area contributed by atoms with Gasteiger partial charge >= 0.3 is 0 Å². The molecule has 0 amide bonds. The zero-order valence-electron chi connectivity index (χ0n) is 11.1. The van der Waals surface area contributed by atoms with E-state index in [1.165, 1.54) is 0 Å². The SMILES string of the molecule is Cl.NCCCCNS(=O)(=O)c1ccc2ccccc2c1. The van der Waals surface area contributed by atoms with Gasteiger partial charge in [0.25, 0.3) is 0 Å². The fourth-order valence-electron chi connectivity index (χ4n) is 1.89. The minimum absolute atomic E-state index is 0. The number of rotatable bonds is 6. The third-order valence-corrected chi connectivity index (χ3v) is 4.41. The summed E-state index contributed by atoms with van der Waals surface area (Å²) >= 11 is 0. The topological polar surface area (TPSA) is 72.2 Å². The lowest BCUT2D eigenvalue weighted by Gasteiger charge is -2.07. The highest BCUT2D eigenvalue weighted by atomic mass is 35.5. The van der Waals surface area contributed by atoms with E-state index >= 15 is 0 Å². The third kappa shape index (κ3) is 4.18. The van der Waals surface area contributed by atoms with Gasteiger partial charge in [-0.25, -0.2) is 13.1 Å². The van der Waals surface area contributed by atoms with Crippen molar-refractivity contribution < 1.29 is 8.42 Å². The molecule has 3 N–H and O–H groups in total. The quantitative estimate of drug-likeness (QED) is 0.803. The Hall–Kier alpha value is -1.14. The highest BCUT2D eigenvalue weighted by Gasteiger charge is 2.13. The fraction of sp³-hybridized carbons (Fsp3) is 0.286. The van der Waals surface area contributed by atoms with Crippen molar-refractivity contribution in [3.63, 3.8) is 0 Å². The summed E-state index contributed by atoms with van der Waals surface area (Å²) in [5, 5.41) is 1.96. The van der Waals surface area contributed by atoms with Crippen LogP contribution in [0.1, 0.15) is 12.8 Å². The summed E-state index contributed by atoms with van der Waals surface area (Å²) < 4.78 is 26.8. The first-order valence-electron chi connectivity index (χ1n) is 6.32. The molecule has 0 unspecified atom stereocenters. The molecule has 0 saturated carbocycles. The number of unbranched alkanes of at least 4 members (excludes halogenated alkanes) is 1. The summed E-state index contributed by atoms with van der Waals surface area (Å²) in [6.45, 7) is 1.00. The van der Waals surface area contributed by atoms with Crippen molar-refractivity contribution in [2.45, 2.75) is 17.7 Å². The average molecular weight is 315 g/mol. The summed E-state index contributed by atoms with van der Waals surface area (Å²) in [6.07, 6.45) is 1.57. The molecule has 0 aliphatic heterocycles. The first-order chi connectivity index (χ1) is 9.13. The molecule has 2 aromatic rings. The van der Waals surface area contributed by atoms with Crippen LogP contribution in [0.4, 0.5) is 0 Å². The Morgan fingerprint density at radius 3 is 2.40 bits per heavy atom. The van der Waals surface area contributed by atoms with Gasteiger partial charge in [-0.3, -0.25) is 0 Å². The molecule has 0 spiro atoms. The minimum atomic E-state index is -3.42. The van der Waals surface area contributed by atoms with E-state index in [1.807, 2.05) is 30.3 Å². The van der Waals surface area contributed by atoms with Crippen LogP contribution < -0.4 is 10.5 Å². The van der Waals surface area contributed by atoms with E-state index in [9.17, 15) is 8.42 Å². The zero-order valence-corrected chi connectivity index (χ0v) is 12.7. The number of hydrogen-bond donors (Lipinski definition) is 2. The maximum absolute atomic E-state index is 12.1. The largest absolute Gasteiger partial charge is 0.330 e. The van der Waals surface area contributed by atoms with Gasteiger partial charge in [-0.15, -0.1) is 12.4 Å². The van der Waals surface area contributed by atoms with Crippen LogP contribution in [-0.4, -0.2) is 21.5 Å². The Labute approximate surface area is 125 Å². The molecular weight excluding hydrogens is 296 g/mol. The van der Waals surface area contributed by atoms with Crippen LogP contribution in [0, 0.1) is 0 Å². The van der Waals surface area contributed by atoms with E-state index < -0.39 is 10.0 Å². The van der Waals surface area contributed by atoms with Crippen LogP contribution in [0.5, 0.6) is 0 Å². The van der Waals surface area contributed by atoms with Crippen LogP contribution >= 0.6 is 12.4 Å². The molecule has 2 rings (SSSR count). The predicted molar refractivity (Wildman–Crippen MR) is 84.7 cm³/mol. The van der Waals surface area contributed by atoms with Crippen LogP contribution in [0.2, 0.25) is 0 Å². The molecule has 0 aliphatic rings. The van der Waals surface area contributed by atoms with Crippen molar-refractivity contribution >= 4 is 33.2 Å². The molecule has 6 heteroatoms. The molecule has 110 valence electrons. The minimum Gasteiger partial charge on any atom is -0.330 e. The second-order valence-electron chi connectivity index (χ2n) is 4.40. The van der Waals surface area contributed by atoms with E-state index in [1.54, 1.807) is 12.1 Å². The van der Waals surface area contributed by atoms with E-state index in [2.05, 4.69) is 4.72 Å². The first kappa shape index (κ1) is 16.9. The zero-order chi connectivity index (χ0) is 13.7. The highest BCUT2D eigenvalue weighted by Crippen LogP contribution is 2.18. The smallest absolute Gasteiger partial charge is 0.240 e. The van der Waals surface area contributed by atoms with Crippen LogP contribution in [-0.2, 0) is 10.0 Å². The number of benzene rings is 2. The van der Waals surface area contributed by atoms with Crippen molar-refractivity contribution in [1.82, 2.24) is 4.72 Å². The second-order valence-corrected chi connectivity index (χ2v) is 6.17. The molecular formula is C14H19ClN2O2S. The van der Waals surface area contributed by atoms with Crippen molar-refractivity contribution in [3.05, 3.63) is 42.5 Å². The van der Waals surface area contributed by atoms with Gasteiger partial charge in [0.15, 0.2) is 0 Å². The van der Waals surface area contributed by atoms with Crippen molar-refractivity contribution in [3.8, 4) is 0 Å². The second kappa shape index (κ2) is 7.59. The summed E-state index contributed by atoms with van der Waals surface area (Å²) in [7, 11) is -3.42. The van der Waals surface area contributed by atoms with Gasteiger partial charge in [0, 0.05) is 6.54 Å². The molecule has 0 bridgehead atoms. The van der Waals surface area contributed by atoms with Gasteiger partial charge in [-0.2, -0.15) is 0 Å². The lowest BCUT2D eigenvalue weighted by Crippen LogP contribution is -2.25. The summed E-state index contributed by atoms with van der Waals surface area (Å²) in [5.41, 5.74) is 5.37. The van der Waals surface area contributed by atoms with Gasteiger partial charge in [-0.1, -0.05) is 30.3 Å². The number of nitrogens with one attached hydrogen (secondary N) is 1. The van der Waals surface area contributed by atoms with E-state index in [0.717, 1.165) is 23.6 Å². The van der Waals surface area contributed by atoms with Crippen molar-refractivity contribution in [1.29, 1.82) is 0 Å². The number of nitrogens with two attached hydrogens (primary N) is 1. The first-order valence-corrected chi connectivity index (χ1v) is 7.80. The van der Waals surface area contributed by atoms with Crippen molar-refractivity contribution in [2.75, 3.05) is 13.1 Å².